The third-order valence-corrected chi connectivity index (χ3v) is 7.66. The van der Waals surface area contributed by atoms with Gasteiger partial charge in [-0.05, 0) is 37.1 Å². The van der Waals surface area contributed by atoms with Gasteiger partial charge in [0, 0.05) is 26.2 Å². The first-order chi connectivity index (χ1) is 14.5. The Morgan fingerprint density at radius 3 is 2.60 bits per heavy atom. The predicted octanol–water partition coefficient (Wildman–Crippen LogP) is 2.76. The van der Waals surface area contributed by atoms with Crippen molar-refractivity contribution in [3.8, 4) is 0 Å². The molecule has 2 aliphatic heterocycles. The fourth-order valence-corrected chi connectivity index (χ4v) is 6.38. The molecule has 2 saturated heterocycles. The van der Waals surface area contributed by atoms with Gasteiger partial charge >= 0.3 is 5.97 Å². The molecule has 0 aliphatic carbocycles. The van der Waals surface area contributed by atoms with Crippen LogP contribution >= 0.6 is 11.3 Å². The average Bonchev–Trinajstić information content (AvgIpc) is 3.38. The maximum atomic E-state index is 13.0. The van der Waals surface area contributed by atoms with Crippen molar-refractivity contribution in [3.63, 3.8) is 0 Å². The second-order valence-corrected chi connectivity index (χ2v) is 9.46. The van der Waals surface area contributed by atoms with Crippen molar-refractivity contribution in [2.24, 2.45) is 11.8 Å². The van der Waals surface area contributed by atoms with Gasteiger partial charge in [0.25, 0.3) is 0 Å². The van der Waals surface area contributed by atoms with E-state index in [9.17, 15) is 14.7 Å². The fraction of sp³-hybridized carbons (Fsp3) is 0.318. The van der Waals surface area contributed by atoms with Crippen LogP contribution in [0.15, 0.2) is 41.3 Å². The van der Waals surface area contributed by atoms with Crippen LogP contribution in [0, 0.1) is 11.8 Å². The number of para-hydroxylation sites is 1. The van der Waals surface area contributed by atoms with Crippen molar-refractivity contribution in [1.29, 1.82) is 0 Å². The smallest absolute Gasteiger partial charge is 0.342 e. The number of hydrogen-bond acceptors (Lipinski definition) is 6. The number of likely N-dealkylation sites (tertiary alicyclic amines) is 1. The fourth-order valence-electron chi connectivity index (χ4n) is 5.19. The molecule has 0 radical (unpaired) electrons. The monoisotopic (exact) mass is 420 g/mol. The molecule has 152 valence electrons. The van der Waals surface area contributed by atoms with E-state index in [4.69, 9.17) is 0 Å². The normalized spacial score (nSPS) is 21.8. The summed E-state index contributed by atoms with van der Waals surface area (Å²) >= 11 is 1.33. The Morgan fingerprint density at radius 1 is 1.13 bits per heavy atom. The van der Waals surface area contributed by atoms with Crippen LogP contribution in [0.2, 0.25) is 0 Å². The molecule has 30 heavy (non-hydrogen) atoms. The Kier molecular flexibility index (Phi) is 3.73. The highest BCUT2D eigenvalue weighted by molar-refractivity contribution is 7.24. The first-order valence-electron chi connectivity index (χ1n) is 10.0. The molecule has 0 bridgehead atoms. The highest BCUT2D eigenvalue weighted by Crippen LogP contribution is 2.35. The number of aromatic nitrogens is 2. The van der Waals surface area contributed by atoms with E-state index in [-0.39, 0.29) is 11.1 Å². The SMILES string of the molecule is CN1CC2CN(c3cnc4c(=O)c(C(=O)O)c5sc6ccccc6n5c4c3)CC2C1. The number of pyridine rings is 2. The number of benzene rings is 1. The lowest BCUT2D eigenvalue weighted by atomic mass is 10.0. The van der Waals surface area contributed by atoms with Gasteiger partial charge in [-0.1, -0.05) is 12.1 Å². The van der Waals surface area contributed by atoms with Crippen LogP contribution in [0.25, 0.3) is 26.1 Å². The number of aromatic carboxylic acids is 1. The van der Waals surface area contributed by atoms with E-state index in [1.54, 1.807) is 6.20 Å². The van der Waals surface area contributed by atoms with Crippen molar-refractivity contribution in [3.05, 3.63) is 52.3 Å². The molecule has 7 nitrogen and oxygen atoms in total. The van der Waals surface area contributed by atoms with E-state index in [2.05, 4.69) is 21.8 Å². The van der Waals surface area contributed by atoms with Crippen molar-refractivity contribution in [2.75, 3.05) is 38.1 Å². The molecule has 0 saturated carbocycles. The van der Waals surface area contributed by atoms with Gasteiger partial charge in [0.15, 0.2) is 0 Å². The van der Waals surface area contributed by atoms with Gasteiger partial charge in [-0.15, -0.1) is 11.3 Å². The number of nitrogens with zero attached hydrogens (tertiary/aromatic N) is 4. The summed E-state index contributed by atoms with van der Waals surface area (Å²) in [5, 5.41) is 9.74. The van der Waals surface area contributed by atoms with Crippen LogP contribution in [0.3, 0.4) is 0 Å². The molecule has 0 spiro atoms. The third-order valence-electron chi connectivity index (χ3n) is 6.51. The predicted molar refractivity (Wildman–Crippen MR) is 118 cm³/mol. The number of fused-ring (bicyclic) bond motifs is 6. The molecule has 2 unspecified atom stereocenters. The maximum absolute atomic E-state index is 13.0. The number of hydrogen-bond donors (Lipinski definition) is 1. The summed E-state index contributed by atoms with van der Waals surface area (Å²) in [6, 6.07) is 9.75. The topological polar surface area (TPSA) is 78.1 Å². The molecular weight excluding hydrogens is 400 g/mol. The van der Waals surface area contributed by atoms with Crippen LogP contribution < -0.4 is 10.3 Å². The zero-order chi connectivity index (χ0) is 20.6. The van der Waals surface area contributed by atoms with Crippen LogP contribution in [0.4, 0.5) is 5.69 Å². The van der Waals surface area contributed by atoms with Crippen LogP contribution in [0.1, 0.15) is 10.4 Å². The van der Waals surface area contributed by atoms with Crippen LogP contribution in [-0.4, -0.2) is 58.6 Å². The number of carboxylic acids is 1. The molecule has 2 aliphatic rings. The first kappa shape index (κ1) is 17.9. The highest BCUT2D eigenvalue weighted by atomic mass is 32.1. The molecule has 2 fully saturated rings. The first-order valence-corrected chi connectivity index (χ1v) is 10.9. The molecular formula is C22H20N4O3S. The number of rotatable bonds is 2. The third kappa shape index (κ3) is 2.44. The largest absolute Gasteiger partial charge is 0.477 e. The van der Waals surface area contributed by atoms with E-state index < -0.39 is 11.4 Å². The van der Waals surface area contributed by atoms with E-state index in [0.717, 1.165) is 42.1 Å². The number of anilines is 1. The van der Waals surface area contributed by atoms with Gasteiger partial charge in [0.2, 0.25) is 5.43 Å². The summed E-state index contributed by atoms with van der Waals surface area (Å²) in [5.74, 6) is 0.0999. The Hall–Kier alpha value is -2.97. The zero-order valence-electron chi connectivity index (χ0n) is 16.4. The summed E-state index contributed by atoms with van der Waals surface area (Å²) in [6.07, 6.45) is 1.72. The molecule has 5 heterocycles. The maximum Gasteiger partial charge on any atom is 0.342 e. The van der Waals surface area contributed by atoms with Crippen LogP contribution in [0.5, 0.6) is 0 Å². The van der Waals surface area contributed by atoms with Gasteiger partial charge in [-0.25, -0.2) is 9.78 Å². The molecule has 2 atom stereocenters. The standard InChI is InChI=1S/C22H20N4O3S/c1-24-8-12-10-25(11-13(12)9-24)14-6-16-19(23-7-14)20(27)18(22(28)29)21-26(16)15-4-2-3-5-17(15)30-21/h2-7,12-13H,8-11H2,1H3,(H,28,29). The minimum atomic E-state index is -1.21. The second-order valence-electron chi connectivity index (χ2n) is 8.43. The summed E-state index contributed by atoms with van der Waals surface area (Å²) in [4.78, 5) is 34.6. The van der Waals surface area contributed by atoms with Crippen molar-refractivity contribution < 1.29 is 9.90 Å². The molecule has 6 rings (SSSR count). The van der Waals surface area contributed by atoms with Gasteiger partial charge < -0.3 is 14.9 Å². The molecule has 1 aromatic carbocycles. The van der Waals surface area contributed by atoms with Crippen molar-refractivity contribution >= 4 is 49.1 Å². The second kappa shape index (κ2) is 6.26. The molecule has 8 heteroatoms. The number of thiazole rings is 1. The Labute approximate surface area is 175 Å². The number of carboxylic acid groups (broad SMARTS) is 1. The minimum absolute atomic E-state index is 0.205. The summed E-state index contributed by atoms with van der Waals surface area (Å²) < 4.78 is 2.83. The Morgan fingerprint density at radius 2 is 1.87 bits per heavy atom. The summed E-state index contributed by atoms with van der Waals surface area (Å²) in [7, 11) is 2.17. The Bertz CT molecular complexity index is 1390. The lowest BCUT2D eigenvalue weighted by molar-refractivity contribution is 0.0697. The molecule has 1 N–H and O–H groups in total. The summed E-state index contributed by atoms with van der Waals surface area (Å²) in [5.41, 5.74) is 2.04. The van der Waals surface area contributed by atoms with Gasteiger partial charge in [0.05, 0.1) is 27.6 Å². The van der Waals surface area contributed by atoms with Gasteiger partial charge in [-0.3, -0.25) is 9.20 Å². The summed E-state index contributed by atoms with van der Waals surface area (Å²) in [6.45, 7) is 4.20. The zero-order valence-corrected chi connectivity index (χ0v) is 17.2. The lowest BCUT2D eigenvalue weighted by Crippen LogP contribution is -2.27. The number of carbonyl (C=O) groups is 1. The van der Waals surface area contributed by atoms with Gasteiger partial charge in [0.1, 0.15) is 15.9 Å². The van der Waals surface area contributed by atoms with E-state index in [0.29, 0.717) is 22.2 Å². The quantitative estimate of drug-likeness (QED) is 0.537. The molecule has 0 amide bonds. The lowest BCUT2D eigenvalue weighted by Gasteiger charge is -2.21. The van der Waals surface area contributed by atoms with Crippen LogP contribution in [-0.2, 0) is 0 Å². The molecule has 3 aromatic heterocycles. The van der Waals surface area contributed by atoms with E-state index in [1.807, 2.05) is 34.7 Å². The highest BCUT2D eigenvalue weighted by Gasteiger charge is 2.39. The Balaban J connectivity index is 1.60. The van der Waals surface area contributed by atoms with Gasteiger partial charge in [-0.2, -0.15) is 0 Å². The van der Waals surface area contributed by atoms with Crippen molar-refractivity contribution in [2.45, 2.75) is 0 Å². The average molecular weight is 420 g/mol. The minimum Gasteiger partial charge on any atom is -0.477 e. The van der Waals surface area contributed by atoms with E-state index in [1.165, 1.54) is 11.3 Å². The molecule has 4 aromatic rings. The van der Waals surface area contributed by atoms with Crippen molar-refractivity contribution in [1.82, 2.24) is 14.3 Å². The van der Waals surface area contributed by atoms with E-state index >= 15 is 0 Å².